The Hall–Kier alpha value is -1.30. The molecule has 0 saturated carbocycles. The Morgan fingerprint density at radius 2 is 2.00 bits per heavy atom. The van der Waals surface area contributed by atoms with Crippen LogP contribution in [0.4, 0.5) is 17.6 Å². The molecule has 0 aliphatic heterocycles. The minimum Gasteiger partial charge on any atom is -0.344 e. The second kappa shape index (κ2) is 4.69. The summed E-state index contributed by atoms with van der Waals surface area (Å²) in [4.78, 5) is 10.4. The monoisotopic (exact) mass is 255 g/mol. The van der Waals surface area contributed by atoms with Crippen molar-refractivity contribution in [3.63, 3.8) is 0 Å². The van der Waals surface area contributed by atoms with Crippen LogP contribution in [0.2, 0.25) is 5.02 Å². The van der Waals surface area contributed by atoms with Crippen molar-refractivity contribution < 1.29 is 22.4 Å². The SMILES string of the molecule is O=C(NCc1ccc(F)c(Cl)c1)C(F)(F)F. The molecule has 0 aromatic heterocycles. The van der Waals surface area contributed by atoms with E-state index in [4.69, 9.17) is 11.6 Å². The van der Waals surface area contributed by atoms with E-state index in [-0.39, 0.29) is 17.1 Å². The lowest BCUT2D eigenvalue weighted by molar-refractivity contribution is -0.173. The summed E-state index contributed by atoms with van der Waals surface area (Å²) < 4.78 is 48.1. The van der Waals surface area contributed by atoms with Gasteiger partial charge in [0.1, 0.15) is 5.82 Å². The quantitative estimate of drug-likeness (QED) is 0.809. The van der Waals surface area contributed by atoms with Crippen molar-refractivity contribution in [2.24, 2.45) is 0 Å². The third-order valence-corrected chi connectivity index (χ3v) is 1.98. The number of nitrogens with one attached hydrogen (secondary N) is 1. The van der Waals surface area contributed by atoms with E-state index in [1.54, 1.807) is 5.32 Å². The molecule has 1 N–H and O–H groups in total. The maximum absolute atomic E-state index is 12.7. The van der Waals surface area contributed by atoms with Crippen LogP contribution in [-0.4, -0.2) is 12.1 Å². The highest BCUT2D eigenvalue weighted by Crippen LogP contribution is 2.17. The number of rotatable bonds is 2. The number of alkyl halides is 3. The second-order valence-electron chi connectivity index (χ2n) is 2.93. The van der Waals surface area contributed by atoms with Gasteiger partial charge in [-0.25, -0.2) is 4.39 Å². The van der Waals surface area contributed by atoms with Gasteiger partial charge in [-0.1, -0.05) is 17.7 Å². The van der Waals surface area contributed by atoms with E-state index in [1.807, 2.05) is 0 Å². The Morgan fingerprint density at radius 1 is 1.38 bits per heavy atom. The zero-order valence-corrected chi connectivity index (χ0v) is 8.49. The highest BCUT2D eigenvalue weighted by molar-refractivity contribution is 6.30. The van der Waals surface area contributed by atoms with Gasteiger partial charge < -0.3 is 5.32 Å². The van der Waals surface area contributed by atoms with E-state index in [0.29, 0.717) is 0 Å². The van der Waals surface area contributed by atoms with E-state index < -0.39 is 17.9 Å². The molecule has 0 unspecified atom stereocenters. The Morgan fingerprint density at radius 3 is 2.50 bits per heavy atom. The summed E-state index contributed by atoms with van der Waals surface area (Å²) in [5, 5.41) is 1.43. The highest BCUT2D eigenvalue weighted by Gasteiger charge is 2.38. The molecule has 0 radical (unpaired) electrons. The third kappa shape index (κ3) is 3.37. The molecular formula is C9H6ClF4NO. The van der Waals surface area contributed by atoms with Crippen molar-refractivity contribution in [2.75, 3.05) is 0 Å². The number of carbonyl (C=O) groups is 1. The molecule has 2 nitrogen and oxygen atoms in total. The van der Waals surface area contributed by atoms with Gasteiger partial charge in [-0.3, -0.25) is 4.79 Å². The van der Waals surface area contributed by atoms with Gasteiger partial charge >= 0.3 is 12.1 Å². The highest BCUT2D eigenvalue weighted by atomic mass is 35.5. The van der Waals surface area contributed by atoms with Crippen LogP contribution in [0.5, 0.6) is 0 Å². The van der Waals surface area contributed by atoms with Gasteiger partial charge in [-0.05, 0) is 17.7 Å². The Kier molecular flexibility index (Phi) is 3.74. The van der Waals surface area contributed by atoms with E-state index in [1.165, 1.54) is 6.07 Å². The van der Waals surface area contributed by atoms with Gasteiger partial charge in [0, 0.05) is 6.54 Å². The zero-order valence-electron chi connectivity index (χ0n) is 7.74. The molecule has 1 aromatic carbocycles. The molecule has 0 atom stereocenters. The number of hydrogen-bond acceptors (Lipinski definition) is 1. The van der Waals surface area contributed by atoms with Crippen LogP contribution in [0.3, 0.4) is 0 Å². The van der Waals surface area contributed by atoms with Crippen molar-refractivity contribution in [1.29, 1.82) is 0 Å². The summed E-state index contributed by atoms with van der Waals surface area (Å²) in [6.45, 7) is -0.363. The maximum Gasteiger partial charge on any atom is 0.471 e. The number of benzene rings is 1. The number of carbonyl (C=O) groups excluding carboxylic acids is 1. The molecular weight excluding hydrogens is 250 g/mol. The lowest BCUT2D eigenvalue weighted by atomic mass is 10.2. The molecule has 1 aromatic rings. The second-order valence-corrected chi connectivity index (χ2v) is 3.34. The van der Waals surface area contributed by atoms with Crippen LogP contribution >= 0.6 is 11.6 Å². The van der Waals surface area contributed by atoms with Crippen LogP contribution in [0.25, 0.3) is 0 Å². The van der Waals surface area contributed by atoms with E-state index in [0.717, 1.165) is 12.1 Å². The molecule has 0 aliphatic carbocycles. The Labute approximate surface area is 93.2 Å². The number of amides is 1. The fraction of sp³-hybridized carbons (Fsp3) is 0.222. The molecule has 0 heterocycles. The van der Waals surface area contributed by atoms with Crippen LogP contribution in [0.1, 0.15) is 5.56 Å². The summed E-state index contributed by atoms with van der Waals surface area (Å²) in [5.41, 5.74) is 0.281. The zero-order chi connectivity index (χ0) is 12.3. The summed E-state index contributed by atoms with van der Waals surface area (Å²) >= 11 is 5.41. The predicted octanol–water partition coefficient (Wildman–Crippen LogP) is 2.66. The molecule has 1 amide bonds. The average Bonchev–Trinajstić information content (AvgIpc) is 2.18. The van der Waals surface area contributed by atoms with Crippen molar-refractivity contribution in [2.45, 2.75) is 12.7 Å². The molecule has 0 saturated heterocycles. The first-order chi connectivity index (χ1) is 7.30. The molecule has 0 spiro atoms. The summed E-state index contributed by atoms with van der Waals surface area (Å²) in [7, 11) is 0. The fourth-order valence-electron chi connectivity index (χ4n) is 0.932. The number of hydrogen-bond donors (Lipinski definition) is 1. The Bertz CT molecular complexity index is 405. The van der Waals surface area contributed by atoms with E-state index in [2.05, 4.69) is 0 Å². The van der Waals surface area contributed by atoms with Gasteiger partial charge in [0.2, 0.25) is 0 Å². The van der Waals surface area contributed by atoms with Crippen molar-refractivity contribution >= 4 is 17.5 Å². The summed E-state index contributed by atoms with van der Waals surface area (Å²) in [5.74, 6) is -2.72. The van der Waals surface area contributed by atoms with Gasteiger partial charge in [0.25, 0.3) is 0 Å². The van der Waals surface area contributed by atoms with Crippen LogP contribution in [0.15, 0.2) is 18.2 Å². The number of halogens is 5. The van der Waals surface area contributed by atoms with E-state index >= 15 is 0 Å². The third-order valence-electron chi connectivity index (χ3n) is 1.69. The normalized spacial score (nSPS) is 11.3. The van der Waals surface area contributed by atoms with Crippen LogP contribution in [0, 0.1) is 5.82 Å². The van der Waals surface area contributed by atoms with Crippen molar-refractivity contribution in [1.82, 2.24) is 5.32 Å². The summed E-state index contributed by atoms with van der Waals surface area (Å²) in [6, 6.07) is 3.39. The lowest BCUT2D eigenvalue weighted by Crippen LogP contribution is -2.36. The first-order valence-corrected chi connectivity index (χ1v) is 4.47. The Balaban J connectivity index is 2.62. The molecule has 1 rings (SSSR count). The predicted molar refractivity (Wildman–Crippen MR) is 49.3 cm³/mol. The van der Waals surface area contributed by atoms with Gasteiger partial charge in [0.05, 0.1) is 5.02 Å². The van der Waals surface area contributed by atoms with Crippen LogP contribution in [-0.2, 0) is 11.3 Å². The van der Waals surface area contributed by atoms with E-state index in [9.17, 15) is 22.4 Å². The van der Waals surface area contributed by atoms with Gasteiger partial charge in [-0.2, -0.15) is 13.2 Å². The first-order valence-electron chi connectivity index (χ1n) is 4.09. The first kappa shape index (κ1) is 12.8. The standard InChI is InChI=1S/C9H6ClF4NO/c10-6-3-5(1-2-7(6)11)4-15-8(16)9(12,13)14/h1-3H,4H2,(H,15,16). The summed E-state index contributed by atoms with van der Waals surface area (Å²) in [6.07, 6.45) is -4.93. The molecule has 0 bridgehead atoms. The maximum atomic E-state index is 12.7. The minimum absolute atomic E-state index is 0.209. The lowest BCUT2D eigenvalue weighted by Gasteiger charge is -2.08. The van der Waals surface area contributed by atoms with Gasteiger partial charge in [0.15, 0.2) is 0 Å². The minimum atomic E-state index is -4.93. The average molecular weight is 256 g/mol. The van der Waals surface area contributed by atoms with Crippen molar-refractivity contribution in [3.8, 4) is 0 Å². The molecule has 16 heavy (non-hydrogen) atoms. The van der Waals surface area contributed by atoms with Crippen molar-refractivity contribution in [3.05, 3.63) is 34.6 Å². The molecule has 88 valence electrons. The fourth-order valence-corrected chi connectivity index (χ4v) is 1.14. The topological polar surface area (TPSA) is 29.1 Å². The molecule has 7 heteroatoms. The van der Waals surface area contributed by atoms with Gasteiger partial charge in [-0.15, -0.1) is 0 Å². The molecule has 0 fully saturated rings. The smallest absolute Gasteiger partial charge is 0.344 e. The van der Waals surface area contributed by atoms with Crippen LogP contribution < -0.4 is 5.32 Å². The largest absolute Gasteiger partial charge is 0.471 e. The molecule has 0 aliphatic rings.